The summed E-state index contributed by atoms with van der Waals surface area (Å²) in [5, 5.41) is 12.0. The molecule has 0 aromatic heterocycles. The molecule has 5 nitrogen and oxygen atoms in total. The number of hydrogen-bond donors (Lipinski definition) is 2. The zero-order valence-corrected chi connectivity index (χ0v) is 13.9. The summed E-state index contributed by atoms with van der Waals surface area (Å²) in [6, 6.07) is -0.209. The summed E-state index contributed by atoms with van der Waals surface area (Å²) in [5.41, 5.74) is 0. The number of carboxylic acid groups (broad SMARTS) is 1. The largest absolute Gasteiger partial charge is 0.481 e. The summed E-state index contributed by atoms with van der Waals surface area (Å²) in [4.78, 5) is 23.1. The van der Waals surface area contributed by atoms with E-state index in [1.807, 2.05) is 0 Å². The number of ether oxygens (including phenoxy) is 1. The Morgan fingerprint density at radius 2 is 1.91 bits per heavy atom. The average Bonchev–Trinajstić information content (AvgIpc) is 3.01. The molecule has 2 N–H and O–H groups in total. The molecule has 2 fully saturated rings. The molecule has 2 atom stereocenters. The first-order valence-corrected chi connectivity index (χ1v) is 9.51. The molecular formula is C16H27NO4S. The van der Waals surface area contributed by atoms with Gasteiger partial charge in [0, 0.05) is 18.4 Å². The van der Waals surface area contributed by atoms with E-state index in [1.54, 1.807) is 11.8 Å². The monoisotopic (exact) mass is 329 g/mol. The van der Waals surface area contributed by atoms with Crippen molar-refractivity contribution < 1.29 is 19.4 Å². The summed E-state index contributed by atoms with van der Waals surface area (Å²) in [5.74, 6) is 0.689. The van der Waals surface area contributed by atoms with Crippen molar-refractivity contribution in [1.29, 1.82) is 0 Å². The van der Waals surface area contributed by atoms with Gasteiger partial charge in [0.2, 0.25) is 5.91 Å². The lowest BCUT2D eigenvalue weighted by Gasteiger charge is -2.24. The standard InChI is InChI=1S/C16H27NO4S/c18-15(11-22-10-13-7-3-4-8-21-13)17-14(9-16(19)20)12-5-1-2-6-12/h12-14H,1-11H2,(H,17,18)(H,19,20). The predicted octanol–water partition coefficient (Wildman–Crippen LogP) is 2.44. The predicted molar refractivity (Wildman–Crippen MR) is 87.1 cm³/mol. The number of rotatable bonds is 8. The smallest absolute Gasteiger partial charge is 0.305 e. The molecule has 0 bridgehead atoms. The van der Waals surface area contributed by atoms with Crippen LogP contribution in [0.4, 0.5) is 0 Å². The molecule has 1 aliphatic carbocycles. The fourth-order valence-corrected chi connectivity index (χ4v) is 4.27. The van der Waals surface area contributed by atoms with Gasteiger partial charge in [0.1, 0.15) is 0 Å². The second kappa shape index (κ2) is 9.40. The van der Waals surface area contributed by atoms with Crippen molar-refractivity contribution in [1.82, 2.24) is 5.32 Å². The van der Waals surface area contributed by atoms with Gasteiger partial charge in [0.25, 0.3) is 0 Å². The number of carbonyl (C=O) groups is 2. The molecule has 0 aromatic rings. The Kier molecular flexibility index (Phi) is 7.52. The van der Waals surface area contributed by atoms with Gasteiger partial charge >= 0.3 is 5.97 Å². The molecule has 1 amide bonds. The Balaban J connectivity index is 1.69. The summed E-state index contributed by atoms with van der Waals surface area (Å²) in [6.07, 6.45) is 8.08. The minimum Gasteiger partial charge on any atom is -0.481 e. The zero-order chi connectivity index (χ0) is 15.8. The number of carbonyl (C=O) groups excluding carboxylic acids is 1. The van der Waals surface area contributed by atoms with Crippen LogP contribution in [-0.4, -0.2) is 47.2 Å². The van der Waals surface area contributed by atoms with Crippen LogP contribution in [0.3, 0.4) is 0 Å². The highest BCUT2D eigenvalue weighted by Crippen LogP contribution is 2.29. The van der Waals surface area contributed by atoms with E-state index in [2.05, 4.69) is 5.32 Å². The van der Waals surface area contributed by atoms with Crippen molar-refractivity contribution in [3.8, 4) is 0 Å². The first-order chi connectivity index (χ1) is 10.6. The third-order valence-electron chi connectivity index (χ3n) is 4.52. The topological polar surface area (TPSA) is 75.6 Å². The zero-order valence-electron chi connectivity index (χ0n) is 13.1. The van der Waals surface area contributed by atoms with Crippen LogP contribution < -0.4 is 5.32 Å². The second-order valence-corrected chi connectivity index (χ2v) is 7.35. The molecule has 2 rings (SSSR count). The summed E-state index contributed by atoms with van der Waals surface area (Å²) in [7, 11) is 0. The molecule has 2 unspecified atom stereocenters. The van der Waals surface area contributed by atoms with Crippen LogP contribution >= 0.6 is 11.8 Å². The first-order valence-electron chi connectivity index (χ1n) is 8.35. The van der Waals surface area contributed by atoms with Gasteiger partial charge in [0.05, 0.1) is 18.3 Å². The highest BCUT2D eigenvalue weighted by molar-refractivity contribution is 7.99. The number of aliphatic carboxylic acids is 1. The van der Waals surface area contributed by atoms with Crippen molar-refractivity contribution in [2.75, 3.05) is 18.1 Å². The van der Waals surface area contributed by atoms with Crippen LogP contribution in [0.25, 0.3) is 0 Å². The molecule has 6 heteroatoms. The number of amides is 1. The van der Waals surface area contributed by atoms with Crippen molar-refractivity contribution in [2.24, 2.45) is 5.92 Å². The van der Waals surface area contributed by atoms with Crippen LogP contribution in [0, 0.1) is 5.92 Å². The summed E-state index contributed by atoms with van der Waals surface area (Å²) >= 11 is 1.59. The minimum atomic E-state index is -0.833. The Morgan fingerprint density at radius 3 is 2.55 bits per heavy atom. The highest BCUT2D eigenvalue weighted by atomic mass is 32.2. The third kappa shape index (κ3) is 6.16. The Morgan fingerprint density at radius 1 is 1.18 bits per heavy atom. The molecule has 1 saturated heterocycles. The van der Waals surface area contributed by atoms with Gasteiger partial charge in [-0.1, -0.05) is 12.8 Å². The lowest BCUT2D eigenvalue weighted by molar-refractivity contribution is -0.138. The Bertz CT molecular complexity index is 365. The van der Waals surface area contributed by atoms with E-state index in [0.29, 0.717) is 11.7 Å². The lowest BCUT2D eigenvalue weighted by atomic mass is 9.95. The van der Waals surface area contributed by atoms with E-state index in [9.17, 15) is 9.59 Å². The van der Waals surface area contributed by atoms with Crippen molar-refractivity contribution in [3.05, 3.63) is 0 Å². The van der Waals surface area contributed by atoms with Crippen molar-refractivity contribution in [2.45, 2.75) is 63.5 Å². The lowest BCUT2D eigenvalue weighted by Crippen LogP contribution is -2.42. The quantitative estimate of drug-likeness (QED) is 0.715. The van der Waals surface area contributed by atoms with Gasteiger partial charge in [-0.2, -0.15) is 0 Å². The average molecular weight is 329 g/mol. The van der Waals surface area contributed by atoms with Gasteiger partial charge < -0.3 is 15.2 Å². The molecule has 1 aliphatic heterocycles. The SMILES string of the molecule is O=C(O)CC(NC(=O)CSCC1CCCCO1)C1CCCC1. The van der Waals surface area contributed by atoms with E-state index in [-0.39, 0.29) is 24.5 Å². The minimum absolute atomic E-state index is 0.0345. The van der Waals surface area contributed by atoms with E-state index in [0.717, 1.165) is 50.9 Å². The number of thioether (sulfide) groups is 1. The van der Waals surface area contributed by atoms with Crippen molar-refractivity contribution in [3.63, 3.8) is 0 Å². The second-order valence-electron chi connectivity index (χ2n) is 6.32. The normalized spacial score (nSPS) is 24.1. The van der Waals surface area contributed by atoms with Crippen molar-refractivity contribution >= 4 is 23.6 Å². The Hall–Kier alpha value is -0.750. The van der Waals surface area contributed by atoms with Gasteiger partial charge in [-0.05, 0) is 38.0 Å². The number of hydrogen-bond acceptors (Lipinski definition) is 4. The Labute approximate surface area is 136 Å². The molecule has 126 valence electrons. The molecule has 0 radical (unpaired) electrons. The van der Waals surface area contributed by atoms with E-state index < -0.39 is 5.97 Å². The van der Waals surface area contributed by atoms with Crippen LogP contribution in [0.2, 0.25) is 0 Å². The molecule has 22 heavy (non-hydrogen) atoms. The van der Waals surface area contributed by atoms with Gasteiger partial charge in [-0.25, -0.2) is 0 Å². The molecule has 2 aliphatic rings. The van der Waals surface area contributed by atoms with Crippen LogP contribution in [0.1, 0.15) is 51.4 Å². The fourth-order valence-electron chi connectivity index (χ4n) is 3.35. The fraction of sp³-hybridized carbons (Fsp3) is 0.875. The van der Waals surface area contributed by atoms with Crippen LogP contribution in [0.15, 0.2) is 0 Å². The molecule has 1 saturated carbocycles. The molecule has 1 heterocycles. The van der Waals surface area contributed by atoms with Gasteiger partial charge in [-0.15, -0.1) is 11.8 Å². The van der Waals surface area contributed by atoms with Crippen LogP contribution in [0.5, 0.6) is 0 Å². The maximum atomic E-state index is 12.1. The van der Waals surface area contributed by atoms with E-state index >= 15 is 0 Å². The van der Waals surface area contributed by atoms with E-state index in [1.165, 1.54) is 6.42 Å². The highest BCUT2D eigenvalue weighted by Gasteiger charge is 2.28. The summed E-state index contributed by atoms with van der Waals surface area (Å²) < 4.78 is 5.64. The third-order valence-corrected chi connectivity index (χ3v) is 5.59. The maximum Gasteiger partial charge on any atom is 0.305 e. The van der Waals surface area contributed by atoms with Crippen LogP contribution in [-0.2, 0) is 14.3 Å². The van der Waals surface area contributed by atoms with Gasteiger partial charge in [0.15, 0.2) is 0 Å². The first kappa shape index (κ1) is 17.6. The number of nitrogens with one attached hydrogen (secondary N) is 1. The molecule has 0 aromatic carbocycles. The van der Waals surface area contributed by atoms with E-state index in [4.69, 9.17) is 9.84 Å². The number of carboxylic acids is 1. The van der Waals surface area contributed by atoms with Gasteiger partial charge in [-0.3, -0.25) is 9.59 Å². The molecule has 0 spiro atoms. The molecular weight excluding hydrogens is 302 g/mol. The summed E-state index contributed by atoms with van der Waals surface area (Å²) in [6.45, 7) is 0.833. The maximum absolute atomic E-state index is 12.1.